The van der Waals surface area contributed by atoms with Gasteiger partial charge in [0.15, 0.2) is 17.2 Å². The maximum Gasteiger partial charge on any atom is 0.292 e. The lowest BCUT2D eigenvalue weighted by atomic mass is 9.96. The monoisotopic (exact) mass is 328 g/mol. The molecular formula is C17H20N4O3. The van der Waals surface area contributed by atoms with Crippen molar-refractivity contribution in [1.82, 2.24) is 15.6 Å². The van der Waals surface area contributed by atoms with E-state index in [2.05, 4.69) is 20.7 Å². The second kappa shape index (κ2) is 7.16. The summed E-state index contributed by atoms with van der Waals surface area (Å²) in [5.74, 6) is 0.946. The van der Waals surface area contributed by atoms with Crippen LogP contribution in [0.25, 0.3) is 0 Å². The molecule has 2 N–H and O–H groups in total. The van der Waals surface area contributed by atoms with Gasteiger partial charge in [-0.3, -0.25) is 9.89 Å². The van der Waals surface area contributed by atoms with Gasteiger partial charge in [0.05, 0.1) is 20.4 Å². The van der Waals surface area contributed by atoms with E-state index in [0.29, 0.717) is 17.2 Å². The summed E-state index contributed by atoms with van der Waals surface area (Å²) in [7, 11) is 3.15. The standard InChI is InChI=1S/C17H20N4O3/c1-23-14-8-7-11(9-15(14)24-2)10-18-21-17(22)16-12-5-3-4-6-13(12)19-20-16/h7-10H,3-6H2,1-2H3,(H,19,20)(H,21,22)/b18-10-. The molecule has 3 rings (SSSR count). The van der Waals surface area contributed by atoms with E-state index in [4.69, 9.17) is 9.47 Å². The van der Waals surface area contributed by atoms with E-state index in [1.165, 1.54) is 0 Å². The summed E-state index contributed by atoms with van der Waals surface area (Å²) < 4.78 is 10.4. The van der Waals surface area contributed by atoms with Gasteiger partial charge in [-0.25, -0.2) is 5.43 Å². The first kappa shape index (κ1) is 16.0. The Balaban J connectivity index is 1.68. The molecule has 0 fully saturated rings. The van der Waals surface area contributed by atoms with Gasteiger partial charge in [0.2, 0.25) is 0 Å². The van der Waals surface area contributed by atoms with Crippen LogP contribution >= 0.6 is 0 Å². The van der Waals surface area contributed by atoms with Crippen LogP contribution in [0.3, 0.4) is 0 Å². The highest BCUT2D eigenvalue weighted by molar-refractivity contribution is 5.94. The summed E-state index contributed by atoms with van der Waals surface area (Å²) >= 11 is 0. The van der Waals surface area contributed by atoms with Crippen LogP contribution in [-0.4, -0.2) is 36.5 Å². The number of aryl methyl sites for hydroxylation is 1. The average molecular weight is 328 g/mol. The fourth-order valence-electron chi connectivity index (χ4n) is 2.82. The second-order valence-electron chi connectivity index (χ2n) is 5.55. The molecule has 0 aliphatic heterocycles. The molecule has 1 amide bonds. The Morgan fingerprint density at radius 1 is 1.25 bits per heavy atom. The number of H-pyrrole nitrogens is 1. The summed E-state index contributed by atoms with van der Waals surface area (Å²) in [6, 6.07) is 5.39. The molecule has 0 saturated carbocycles. The van der Waals surface area contributed by atoms with Crippen molar-refractivity contribution in [3.05, 3.63) is 40.7 Å². The van der Waals surface area contributed by atoms with Crippen LogP contribution in [-0.2, 0) is 12.8 Å². The van der Waals surface area contributed by atoms with Gasteiger partial charge in [-0.05, 0) is 49.4 Å². The van der Waals surface area contributed by atoms with Crippen molar-refractivity contribution < 1.29 is 14.3 Å². The van der Waals surface area contributed by atoms with Crippen molar-refractivity contribution in [2.24, 2.45) is 5.10 Å². The lowest BCUT2D eigenvalue weighted by Crippen LogP contribution is -2.20. The van der Waals surface area contributed by atoms with Crippen molar-refractivity contribution in [3.63, 3.8) is 0 Å². The second-order valence-corrected chi connectivity index (χ2v) is 5.55. The van der Waals surface area contributed by atoms with Gasteiger partial charge in [0.25, 0.3) is 5.91 Å². The molecule has 1 aliphatic carbocycles. The zero-order valence-electron chi connectivity index (χ0n) is 13.8. The minimum absolute atomic E-state index is 0.300. The summed E-state index contributed by atoms with van der Waals surface area (Å²) in [4.78, 5) is 12.2. The summed E-state index contributed by atoms with van der Waals surface area (Å²) in [5, 5.41) is 11.1. The lowest BCUT2D eigenvalue weighted by Gasteiger charge is -2.10. The van der Waals surface area contributed by atoms with E-state index >= 15 is 0 Å². The van der Waals surface area contributed by atoms with E-state index in [9.17, 15) is 4.79 Å². The third-order valence-corrected chi connectivity index (χ3v) is 4.06. The summed E-state index contributed by atoms with van der Waals surface area (Å²) in [6.07, 6.45) is 5.60. The number of aromatic amines is 1. The van der Waals surface area contributed by atoms with Crippen LogP contribution in [0.2, 0.25) is 0 Å². The molecule has 7 heteroatoms. The van der Waals surface area contributed by atoms with Crippen LogP contribution in [0.1, 0.15) is 40.2 Å². The molecule has 1 aromatic heterocycles. The van der Waals surface area contributed by atoms with Crippen molar-refractivity contribution in [2.75, 3.05) is 14.2 Å². The Labute approximate surface area is 140 Å². The third kappa shape index (κ3) is 3.24. The summed E-state index contributed by atoms with van der Waals surface area (Å²) in [6.45, 7) is 0. The van der Waals surface area contributed by atoms with Crippen molar-refractivity contribution in [1.29, 1.82) is 0 Å². The van der Waals surface area contributed by atoms with Crippen molar-refractivity contribution in [2.45, 2.75) is 25.7 Å². The predicted molar refractivity (Wildman–Crippen MR) is 89.8 cm³/mol. The quantitative estimate of drug-likeness (QED) is 0.649. The Hall–Kier alpha value is -2.83. The number of hydrazone groups is 1. The van der Waals surface area contributed by atoms with Crippen LogP contribution < -0.4 is 14.9 Å². The fourth-order valence-corrected chi connectivity index (χ4v) is 2.82. The number of amides is 1. The SMILES string of the molecule is COc1ccc(/C=N\NC(=O)c2n[nH]c3c2CCCC3)cc1OC. The molecule has 0 saturated heterocycles. The average Bonchev–Trinajstić information content (AvgIpc) is 3.05. The molecule has 1 aromatic carbocycles. The first-order valence-corrected chi connectivity index (χ1v) is 7.84. The number of benzene rings is 1. The lowest BCUT2D eigenvalue weighted by molar-refractivity contribution is 0.0949. The maximum absolute atomic E-state index is 12.2. The highest BCUT2D eigenvalue weighted by atomic mass is 16.5. The number of hydrogen-bond acceptors (Lipinski definition) is 5. The smallest absolute Gasteiger partial charge is 0.292 e. The van der Waals surface area contributed by atoms with Crippen molar-refractivity contribution in [3.8, 4) is 11.5 Å². The Morgan fingerprint density at radius 2 is 2.04 bits per heavy atom. The molecule has 2 aromatic rings. The molecule has 0 radical (unpaired) electrons. The number of methoxy groups -OCH3 is 2. The number of aromatic nitrogens is 2. The van der Waals surface area contributed by atoms with Crippen LogP contribution in [0.15, 0.2) is 23.3 Å². The minimum atomic E-state index is -0.300. The third-order valence-electron chi connectivity index (χ3n) is 4.06. The highest BCUT2D eigenvalue weighted by Gasteiger charge is 2.21. The highest BCUT2D eigenvalue weighted by Crippen LogP contribution is 2.27. The van der Waals surface area contributed by atoms with Gasteiger partial charge in [-0.2, -0.15) is 10.2 Å². The molecule has 0 bridgehead atoms. The fraction of sp³-hybridized carbons (Fsp3) is 0.353. The first-order chi connectivity index (χ1) is 11.7. The van der Waals surface area contributed by atoms with Gasteiger partial charge < -0.3 is 9.47 Å². The number of ether oxygens (including phenoxy) is 2. The zero-order valence-corrected chi connectivity index (χ0v) is 13.8. The minimum Gasteiger partial charge on any atom is -0.493 e. The summed E-state index contributed by atoms with van der Waals surface area (Å²) in [5.41, 5.74) is 5.83. The normalized spacial score (nSPS) is 13.6. The zero-order chi connectivity index (χ0) is 16.9. The van der Waals surface area contributed by atoms with E-state index in [0.717, 1.165) is 42.5 Å². The number of fused-ring (bicyclic) bond motifs is 1. The van der Waals surface area contributed by atoms with Crippen molar-refractivity contribution >= 4 is 12.1 Å². The van der Waals surface area contributed by atoms with Gasteiger partial charge in [-0.15, -0.1) is 0 Å². The van der Waals surface area contributed by atoms with Gasteiger partial charge in [0, 0.05) is 11.3 Å². The Bertz CT molecular complexity index is 767. The van der Waals surface area contributed by atoms with Gasteiger partial charge in [0.1, 0.15) is 0 Å². The van der Waals surface area contributed by atoms with Crippen LogP contribution in [0, 0.1) is 0 Å². The van der Waals surface area contributed by atoms with Crippen LogP contribution in [0.4, 0.5) is 0 Å². The molecule has 0 unspecified atom stereocenters. The van der Waals surface area contributed by atoms with E-state index in [1.807, 2.05) is 6.07 Å². The number of nitrogens with zero attached hydrogens (tertiary/aromatic N) is 2. The first-order valence-electron chi connectivity index (χ1n) is 7.84. The molecule has 1 aliphatic rings. The maximum atomic E-state index is 12.2. The van der Waals surface area contributed by atoms with Gasteiger partial charge >= 0.3 is 0 Å². The predicted octanol–water partition coefficient (Wildman–Crippen LogP) is 2.07. The number of rotatable bonds is 5. The Kier molecular flexibility index (Phi) is 4.79. The number of carbonyl (C=O) groups is 1. The molecule has 0 atom stereocenters. The number of carbonyl (C=O) groups excluding carboxylic acids is 1. The molecular weight excluding hydrogens is 308 g/mol. The Morgan fingerprint density at radius 3 is 2.83 bits per heavy atom. The molecule has 7 nitrogen and oxygen atoms in total. The van der Waals surface area contributed by atoms with E-state index < -0.39 is 0 Å². The molecule has 24 heavy (non-hydrogen) atoms. The topological polar surface area (TPSA) is 88.6 Å². The van der Waals surface area contributed by atoms with E-state index in [-0.39, 0.29) is 5.91 Å². The molecule has 0 spiro atoms. The number of nitrogens with one attached hydrogen (secondary N) is 2. The number of hydrogen-bond donors (Lipinski definition) is 2. The largest absolute Gasteiger partial charge is 0.493 e. The van der Waals surface area contributed by atoms with Gasteiger partial charge in [-0.1, -0.05) is 0 Å². The molecule has 1 heterocycles. The van der Waals surface area contributed by atoms with Crippen LogP contribution in [0.5, 0.6) is 11.5 Å². The molecule has 126 valence electrons. The van der Waals surface area contributed by atoms with E-state index in [1.54, 1.807) is 32.6 Å².